The molecule has 4 nitrogen and oxygen atoms in total. The van der Waals surface area contributed by atoms with Gasteiger partial charge in [-0.15, -0.1) is 0 Å². The minimum Gasteiger partial charge on any atom is -0.507 e. The molecule has 0 aromatic carbocycles. The van der Waals surface area contributed by atoms with Crippen molar-refractivity contribution in [3.05, 3.63) is 12.0 Å². The Hall–Kier alpha value is -1.03. The summed E-state index contributed by atoms with van der Waals surface area (Å²) in [5.41, 5.74) is 0. The van der Waals surface area contributed by atoms with E-state index in [-0.39, 0.29) is 0 Å². The van der Waals surface area contributed by atoms with Crippen LogP contribution < -0.4 is 0 Å². The van der Waals surface area contributed by atoms with Crippen LogP contribution in [0.25, 0.3) is 0 Å². The maximum atomic E-state index is 11.7. The highest BCUT2D eigenvalue weighted by Crippen LogP contribution is 2.23. The van der Waals surface area contributed by atoms with Crippen LogP contribution in [-0.4, -0.2) is 39.8 Å². The number of aliphatic hydroxyl groups excluding tert-OH is 1. The first-order valence-electron chi connectivity index (χ1n) is 8.97. The van der Waals surface area contributed by atoms with Crippen molar-refractivity contribution >= 4 is 5.97 Å². The summed E-state index contributed by atoms with van der Waals surface area (Å²) >= 11 is 0. The summed E-state index contributed by atoms with van der Waals surface area (Å²) in [5.74, 6) is -0.405. The predicted octanol–water partition coefficient (Wildman–Crippen LogP) is 4.86. The van der Waals surface area contributed by atoms with Crippen LogP contribution in [0, 0.1) is 0 Å². The van der Waals surface area contributed by atoms with Gasteiger partial charge in [0.2, 0.25) is 0 Å². The Bertz CT molecular complexity index is 333. The van der Waals surface area contributed by atoms with Crippen LogP contribution in [0.3, 0.4) is 0 Å². The minimum atomic E-state index is -0.764. The lowest BCUT2D eigenvalue weighted by Gasteiger charge is -2.39. The van der Waals surface area contributed by atoms with E-state index in [2.05, 4.69) is 20.8 Å². The first kappa shape index (κ1) is 21.0. The van der Waals surface area contributed by atoms with E-state index in [1.54, 1.807) is 0 Å². The van der Waals surface area contributed by atoms with E-state index in [1.165, 1.54) is 12.8 Å². The molecule has 0 amide bonds. The number of nitrogens with zero attached hydrogens (tertiary/aromatic N) is 1. The van der Waals surface area contributed by atoms with Crippen molar-refractivity contribution in [3.8, 4) is 0 Å². The maximum absolute atomic E-state index is 11.7. The quantitative estimate of drug-likeness (QED) is 0.290. The number of rotatable bonds is 13. The zero-order chi connectivity index (χ0) is 17.0. The summed E-state index contributed by atoms with van der Waals surface area (Å²) < 4.78 is 0.373. The van der Waals surface area contributed by atoms with Gasteiger partial charge in [-0.1, -0.05) is 47.0 Å². The largest absolute Gasteiger partial charge is 0.507 e. The third-order valence-corrected chi connectivity index (χ3v) is 4.26. The van der Waals surface area contributed by atoms with Gasteiger partial charge in [-0.25, -0.2) is 4.79 Å². The second kappa shape index (κ2) is 11.5. The molecule has 0 aliphatic heterocycles. The molecular formula is C18H36NO3+. The molecular weight excluding hydrogens is 278 g/mol. The van der Waals surface area contributed by atoms with Gasteiger partial charge in [0.05, 0.1) is 13.1 Å². The highest BCUT2D eigenvalue weighted by Gasteiger charge is 2.39. The minimum absolute atomic E-state index is 0.359. The Morgan fingerprint density at radius 1 is 0.955 bits per heavy atom. The van der Waals surface area contributed by atoms with E-state index in [1.807, 2.05) is 13.1 Å². The van der Waals surface area contributed by atoms with E-state index in [0.29, 0.717) is 23.1 Å². The monoisotopic (exact) mass is 314 g/mol. The molecule has 0 radical (unpaired) electrons. The van der Waals surface area contributed by atoms with Crippen LogP contribution in [-0.2, 0) is 4.79 Å². The van der Waals surface area contributed by atoms with Crippen LogP contribution in [0.1, 0.15) is 79.1 Å². The van der Waals surface area contributed by atoms with Crippen molar-refractivity contribution in [3.63, 3.8) is 0 Å². The van der Waals surface area contributed by atoms with Gasteiger partial charge in [0, 0.05) is 12.8 Å². The van der Waals surface area contributed by atoms with Crippen LogP contribution >= 0.6 is 0 Å². The van der Waals surface area contributed by atoms with Crippen molar-refractivity contribution in [2.45, 2.75) is 85.1 Å². The molecule has 0 aliphatic rings. The Morgan fingerprint density at radius 3 is 1.95 bits per heavy atom. The third-order valence-electron chi connectivity index (χ3n) is 4.26. The first-order chi connectivity index (χ1) is 10.5. The molecule has 0 saturated carbocycles. The number of carboxylic acid groups (broad SMARTS) is 1. The fourth-order valence-electron chi connectivity index (χ4n) is 3.33. The number of hydrogen-bond donors (Lipinski definition) is 2. The number of aliphatic hydroxyl groups is 1. The zero-order valence-corrected chi connectivity index (χ0v) is 15.0. The number of unbranched alkanes of at least 4 members (excludes halogenated alkanes) is 3. The molecule has 0 rings (SSSR count). The second-order valence-corrected chi connectivity index (χ2v) is 6.24. The lowest BCUT2D eigenvalue weighted by molar-refractivity contribution is -0.897. The highest BCUT2D eigenvalue weighted by atomic mass is 16.4. The molecule has 4 heteroatoms. The average Bonchev–Trinajstić information content (AvgIpc) is 2.44. The van der Waals surface area contributed by atoms with Gasteiger partial charge in [0.1, 0.15) is 12.0 Å². The fraction of sp³-hybridized carbons (Fsp3) is 0.833. The van der Waals surface area contributed by atoms with Crippen LogP contribution in [0.15, 0.2) is 12.0 Å². The molecule has 130 valence electrons. The summed E-state index contributed by atoms with van der Waals surface area (Å²) in [5, 5.41) is 19.9. The SMILES string of the molecule is CCCCCC/C(O)=C/[N+](CCC)(CCC)C(CC)C(=O)O. The lowest BCUT2D eigenvalue weighted by atomic mass is 10.1. The fourth-order valence-corrected chi connectivity index (χ4v) is 3.33. The van der Waals surface area contributed by atoms with Gasteiger partial charge in [-0.2, -0.15) is 0 Å². The molecule has 0 saturated heterocycles. The van der Waals surface area contributed by atoms with Gasteiger partial charge in [0.15, 0.2) is 6.04 Å². The summed E-state index contributed by atoms with van der Waals surface area (Å²) in [6.07, 6.45) is 9.33. The Balaban J connectivity index is 5.22. The number of carboxylic acids is 1. The lowest BCUT2D eigenvalue weighted by Crippen LogP contribution is -2.55. The highest BCUT2D eigenvalue weighted by molar-refractivity contribution is 5.72. The molecule has 0 spiro atoms. The van der Waals surface area contributed by atoms with Crippen LogP contribution in [0.4, 0.5) is 0 Å². The summed E-state index contributed by atoms with van der Waals surface area (Å²) in [4.78, 5) is 11.7. The van der Waals surface area contributed by atoms with Crippen LogP contribution in [0.2, 0.25) is 0 Å². The van der Waals surface area contributed by atoms with Crippen molar-refractivity contribution in [1.82, 2.24) is 0 Å². The van der Waals surface area contributed by atoms with E-state index in [9.17, 15) is 15.0 Å². The maximum Gasteiger partial charge on any atom is 0.362 e. The van der Waals surface area contributed by atoms with Gasteiger partial charge in [-0.3, -0.25) is 4.48 Å². The third kappa shape index (κ3) is 6.82. The van der Waals surface area contributed by atoms with Gasteiger partial charge in [0.25, 0.3) is 0 Å². The van der Waals surface area contributed by atoms with E-state index < -0.39 is 12.0 Å². The smallest absolute Gasteiger partial charge is 0.362 e. The second-order valence-electron chi connectivity index (χ2n) is 6.24. The summed E-state index contributed by atoms with van der Waals surface area (Å²) in [6, 6.07) is -0.474. The molecule has 0 heterocycles. The summed E-state index contributed by atoms with van der Waals surface area (Å²) in [7, 11) is 0. The molecule has 0 aliphatic carbocycles. The number of allylic oxidation sites excluding steroid dienone is 1. The summed E-state index contributed by atoms with van der Waals surface area (Å²) in [6.45, 7) is 9.75. The normalized spacial score (nSPS) is 14.1. The number of quaternary nitrogens is 1. The molecule has 1 atom stereocenters. The Kier molecular flexibility index (Phi) is 11.0. The molecule has 0 aromatic rings. The molecule has 1 unspecified atom stereocenters. The van der Waals surface area contributed by atoms with Crippen molar-refractivity contribution < 1.29 is 19.5 Å². The van der Waals surface area contributed by atoms with E-state index in [0.717, 1.165) is 38.8 Å². The van der Waals surface area contributed by atoms with Gasteiger partial charge >= 0.3 is 5.97 Å². The standard InChI is InChI=1S/C18H35NO3/c1-5-9-10-11-12-16(20)15-19(13-6-2,14-7-3)17(8-4)18(21)22/h15,17H,5-14H2,1-4H3,(H-,20,21,22)/p+1/b16-15-. The Morgan fingerprint density at radius 2 is 1.55 bits per heavy atom. The van der Waals surface area contributed by atoms with Gasteiger partial charge in [-0.05, 0) is 19.3 Å². The van der Waals surface area contributed by atoms with Crippen molar-refractivity contribution in [2.24, 2.45) is 0 Å². The molecule has 22 heavy (non-hydrogen) atoms. The van der Waals surface area contributed by atoms with E-state index >= 15 is 0 Å². The van der Waals surface area contributed by atoms with Crippen molar-refractivity contribution in [1.29, 1.82) is 0 Å². The number of aliphatic carboxylic acids is 1. The topological polar surface area (TPSA) is 57.5 Å². The number of hydrogen-bond acceptors (Lipinski definition) is 2. The average molecular weight is 314 g/mol. The Labute approximate surface area is 136 Å². The predicted molar refractivity (Wildman–Crippen MR) is 91.8 cm³/mol. The van der Waals surface area contributed by atoms with Gasteiger partial charge < -0.3 is 10.2 Å². The van der Waals surface area contributed by atoms with E-state index in [4.69, 9.17) is 0 Å². The zero-order valence-electron chi connectivity index (χ0n) is 15.0. The number of carbonyl (C=O) groups is 1. The molecule has 2 N–H and O–H groups in total. The molecule has 0 aromatic heterocycles. The molecule has 0 fully saturated rings. The first-order valence-corrected chi connectivity index (χ1v) is 8.97. The molecule has 0 bridgehead atoms. The van der Waals surface area contributed by atoms with Crippen LogP contribution in [0.5, 0.6) is 0 Å². The van der Waals surface area contributed by atoms with Crippen molar-refractivity contribution in [2.75, 3.05) is 13.1 Å².